The Morgan fingerprint density at radius 2 is 2.00 bits per heavy atom. The van der Waals surface area contributed by atoms with Crippen LogP contribution < -0.4 is 5.32 Å². The van der Waals surface area contributed by atoms with Gasteiger partial charge in [-0.1, -0.05) is 23.7 Å². The van der Waals surface area contributed by atoms with E-state index in [1.165, 1.54) is 0 Å². The molecule has 1 aliphatic heterocycles. The van der Waals surface area contributed by atoms with Gasteiger partial charge in [0, 0.05) is 11.4 Å². The Bertz CT molecular complexity index is 522. The third-order valence-corrected chi connectivity index (χ3v) is 4.07. The van der Waals surface area contributed by atoms with Crippen LogP contribution in [0.15, 0.2) is 24.3 Å². The monoisotopic (exact) mass is 279 g/mol. The van der Waals surface area contributed by atoms with Crippen molar-refractivity contribution in [2.24, 2.45) is 0 Å². The molecular weight excluding hydrogens is 266 g/mol. The maximum atomic E-state index is 12.4. The van der Waals surface area contributed by atoms with Crippen molar-refractivity contribution in [2.45, 2.75) is 30.7 Å². The number of ether oxygens (including phenoxy) is 1. The first-order valence-corrected chi connectivity index (χ1v) is 6.73. The fourth-order valence-electron chi connectivity index (χ4n) is 2.46. The van der Waals surface area contributed by atoms with Gasteiger partial charge >= 0.3 is 5.97 Å². The second-order valence-corrected chi connectivity index (χ2v) is 5.51. The molecule has 1 heterocycles. The topological polar surface area (TPSA) is 55.4 Å². The fraction of sp³-hybridized carbons (Fsp3) is 0.429. The first-order valence-electron chi connectivity index (χ1n) is 6.35. The second kappa shape index (κ2) is 4.53. The molecule has 5 heteroatoms. The van der Waals surface area contributed by atoms with Gasteiger partial charge in [-0.2, -0.15) is 0 Å². The molecule has 19 heavy (non-hydrogen) atoms. The minimum absolute atomic E-state index is 0.0846. The largest absolute Gasteiger partial charge is 0.464 e. The van der Waals surface area contributed by atoms with Crippen molar-refractivity contribution in [3.8, 4) is 0 Å². The molecule has 2 fully saturated rings. The van der Waals surface area contributed by atoms with E-state index in [4.69, 9.17) is 16.3 Å². The molecule has 4 nitrogen and oxygen atoms in total. The summed E-state index contributed by atoms with van der Waals surface area (Å²) < 4.78 is 4.85. The summed E-state index contributed by atoms with van der Waals surface area (Å²) in [6, 6.07) is 6.84. The number of carbonyl (C=O) groups is 2. The molecule has 0 unspecified atom stereocenters. The highest BCUT2D eigenvalue weighted by atomic mass is 35.5. The first kappa shape index (κ1) is 12.5. The summed E-state index contributed by atoms with van der Waals surface area (Å²) in [7, 11) is 0. The molecule has 1 aromatic rings. The number of rotatable bonds is 3. The van der Waals surface area contributed by atoms with Crippen LogP contribution in [0.3, 0.4) is 0 Å². The summed E-state index contributed by atoms with van der Waals surface area (Å²) in [6.07, 6.45) is 2.17. The highest BCUT2D eigenvalue weighted by Gasteiger charge is 2.52. The SMILES string of the molecule is O=C1OCC[C@@H]1NC(=O)C1(c2ccc(Cl)cc2)CC1. The molecule has 2 aliphatic rings. The summed E-state index contributed by atoms with van der Waals surface area (Å²) in [6.45, 7) is 0.387. The average Bonchev–Trinajstić information content (AvgIpc) is 3.11. The zero-order valence-electron chi connectivity index (χ0n) is 10.3. The van der Waals surface area contributed by atoms with E-state index in [2.05, 4.69) is 5.32 Å². The zero-order chi connectivity index (χ0) is 13.5. The van der Waals surface area contributed by atoms with Crippen LogP contribution in [-0.4, -0.2) is 24.5 Å². The molecule has 1 saturated carbocycles. The molecule has 0 aromatic heterocycles. The number of amides is 1. The number of esters is 1. The Morgan fingerprint density at radius 3 is 2.53 bits per heavy atom. The van der Waals surface area contributed by atoms with Crippen molar-refractivity contribution in [2.75, 3.05) is 6.61 Å². The third kappa shape index (κ3) is 2.21. The highest BCUT2D eigenvalue weighted by Crippen LogP contribution is 2.48. The van der Waals surface area contributed by atoms with Crippen LogP contribution in [0.25, 0.3) is 0 Å². The van der Waals surface area contributed by atoms with E-state index >= 15 is 0 Å². The van der Waals surface area contributed by atoms with E-state index in [1.54, 1.807) is 12.1 Å². The maximum absolute atomic E-state index is 12.4. The molecule has 3 rings (SSSR count). The van der Waals surface area contributed by atoms with Crippen LogP contribution in [0.4, 0.5) is 0 Å². The smallest absolute Gasteiger partial charge is 0.328 e. The van der Waals surface area contributed by atoms with Gasteiger partial charge in [-0.25, -0.2) is 4.79 Å². The average molecular weight is 280 g/mol. The Morgan fingerprint density at radius 1 is 1.32 bits per heavy atom. The van der Waals surface area contributed by atoms with E-state index in [1.807, 2.05) is 12.1 Å². The van der Waals surface area contributed by atoms with E-state index in [0.29, 0.717) is 18.1 Å². The molecule has 1 amide bonds. The standard InChI is InChI=1S/C14H14ClNO3/c15-10-3-1-9(2-4-10)14(6-7-14)13(18)16-11-5-8-19-12(11)17/h1-4,11H,5-8H2,(H,16,18)/t11-/m0/s1. The number of halogens is 1. The van der Waals surface area contributed by atoms with Crippen molar-refractivity contribution in [3.05, 3.63) is 34.9 Å². The number of carbonyl (C=O) groups excluding carboxylic acids is 2. The van der Waals surface area contributed by atoms with Gasteiger partial charge in [-0.05, 0) is 30.5 Å². The fourth-order valence-corrected chi connectivity index (χ4v) is 2.59. The van der Waals surface area contributed by atoms with Crippen LogP contribution in [-0.2, 0) is 19.7 Å². The minimum atomic E-state index is -0.489. The summed E-state index contributed by atoms with van der Waals surface area (Å²) in [5.41, 5.74) is 0.480. The molecule has 1 N–H and O–H groups in total. The van der Waals surface area contributed by atoms with Crippen LogP contribution in [0, 0.1) is 0 Å². The Kier molecular flexibility index (Phi) is 2.97. The number of hydrogen-bond donors (Lipinski definition) is 1. The lowest BCUT2D eigenvalue weighted by molar-refractivity contribution is -0.141. The van der Waals surface area contributed by atoms with E-state index in [0.717, 1.165) is 18.4 Å². The summed E-state index contributed by atoms with van der Waals surface area (Å²) in [4.78, 5) is 23.7. The van der Waals surface area contributed by atoms with E-state index in [-0.39, 0.29) is 11.9 Å². The van der Waals surface area contributed by atoms with Gasteiger partial charge in [-0.15, -0.1) is 0 Å². The minimum Gasteiger partial charge on any atom is -0.464 e. The Hall–Kier alpha value is -1.55. The second-order valence-electron chi connectivity index (χ2n) is 5.07. The van der Waals surface area contributed by atoms with Crippen molar-refractivity contribution < 1.29 is 14.3 Å². The van der Waals surface area contributed by atoms with Crippen LogP contribution in [0.5, 0.6) is 0 Å². The molecule has 100 valence electrons. The molecule has 1 saturated heterocycles. The first-order chi connectivity index (χ1) is 9.12. The molecule has 1 aliphatic carbocycles. The zero-order valence-corrected chi connectivity index (χ0v) is 11.1. The third-order valence-electron chi connectivity index (χ3n) is 3.82. The summed E-state index contributed by atoms with van der Waals surface area (Å²) >= 11 is 5.86. The normalized spacial score (nSPS) is 23.8. The molecule has 0 bridgehead atoms. The van der Waals surface area contributed by atoms with Gasteiger partial charge in [0.25, 0.3) is 0 Å². The maximum Gasteiger partial charge on any atom is 0.328 e. The molecule has 1 aromatic carbocycles. The van der Waals surface area contributed by atoms with Gasteiger partial charge in [-0.3, -0.25) is 4.79 Å². The molecular formula is C14H14ClNO3. The molecule has 0 spiro atoms. The number of hydrogen-bond acceptors (Lipinski definition) is 3. The summed E-state index contributed by atoms with van der Waals surface area (Å²) in [5, 5.41) is 3.45. The van der Waals surface area contributed by atoms with Crippen LogP contribution >= 0.6 is 11.6 Å². The van der Waals surface area contributed by atoms with Crippen molar-refractivity contribution in [3.63, 3.8) is 0 Å². The van der Waals surface area contributed by atoms with Crippen molar-refractivity contribution >= 4 is 23.5 Å². The summed E-state index contributed by atoms with van der Waals surface area (Å²) in [5.74, 6) is -0.418. The van der Waals surface area contributed by atoms with E-state index < -0.39 is 11.5 Å². The predicted molar refractivity (Wildman–Crippen MR) is 69.9 cm³/mol. The number of nitrogens with one attached hydrogen (secondary N) is 1. The van der Waals surface area contributed by atoms with Gasteiger partial charge in [0.05, 0.1) is 12.0 Å². The van der Waals surface area contributed by atoms with Crippen LogP contribution in [0.1, 0.15) is 24.8 Å². The molecule has 0 radical (unpaired) electrons. The highest BCUT2D eigenvalue weighted by molar-refractivity contribution is 6.30. The van der Waals surface area contributed by atoms with Gasteiger partial charge in [0.15, 0.2) is 0 Å². The number of cyclic esters (lactones) is 1. The van der Waals surface area contributed by atoms with Crippen LogP contribution in [0.2, 0.25) is 5.02 Å². The molecule has 1 atom stereocenters. The van der Waals surface area contributed by atoms with E-state index in [9.17, 15) is 9.59 Å². The van der Waals surface area contributed by atoms with Gasteiger partial charge in [0.1, 0.15) is 6.04 Å². The number of benzene rings is 1. The van der Waals surface area contributed by atoms with Crippen molar-refractivity contribution in [1.82, 2.24) is 5.32 Å². The van der Waals surface area contributed by atoms with Gasteiger partial charge < -0.3 is 10.1 Å². The lowest BCUT2D eigenvalue weighted by atomic mass is 9.94. The lowest BCUT2D eigenvalue weighted by Gasteiger charge is -2.17. The van der Waals surface area contributed by atoms with Gasteiger partial charge in [0.2, 0.25) is 5.91 Å². The van der Waals surface area contributed by atoms with Crippen molar-refractivity contribution in [1.29, 1.82) is 0 Å². The lowest BCUT2D eigenvalue weighted by Crippen LogP contribution is -2.43. The quantitative estimate of drug-likeness (QED) is 0.859. The Balaban J connectivity index is 1.75. The Labute approximate surface area is 116 Å². The predicted octanol–water partition coefficient (Wildman–Crippen LogP) is 1.80.